The molecule has 1 aromatic rings. The predicted molar refractivity (Wildman–Crippen MR) is 70.5 cm³/mol. The van der Waals surface area contributed by atoms with Crippen LogP contribution in [-0.2, 0) is 6.54 Å². The lowest BCUT2D eigenvalue weighted by atomic mass is 9.95. The van der Waals surface area contributed by atoms with Gasteiger partial charge in [-0.25, -0.2) is 0 Å². The van der Waals surface area contributed by atoms with Gasteiger partial charge in [-0.3, -0.25) is 14.2 Å². The molecule has 0 aliphatic heterocycles. The zero-order valence-corrected chi connectivity index (χ0v) is 10.7. The van der Waals surface area contributed by atoms with Gasteiger partial charge in [0.2, 0.25) is 0 Å². The first-order chi connectivity index (χ1) is 8.74. The van der Waals surface area contributed by atoms with Crippen LogP contribution in [0.5, 0.6) is 0 Å². The molecule has 0 saturated heterocycles. The monoisotopic (exact) mass is 246 g/mol. The highest BCUT2D eigenvalue weighted by Crippen LogP contribution is 2.26. The Hall–Kier alpha value is -1.76. The molecule has 0 N–H and O–H groups in total. The summed E-state index contributed by atoms with van der Waals surface area (Å²) in [7, 11) is 0. The zero-order valence-electron chi connectivity index (χ0n) is 10.7. The number of nitrogens with zero attached hydrogens (tertiary/aromatic N) is 2. The van der Waals surface area contributed by atoms with Crippen molar-refractivity contribution in [2.75, 3.05) is 0 Å². The largest absolute Gasteiger partial charge is 0.317 e. The predicted octanol–water partition coefficient (Wildman–Crippen LogP) is 1.54. The fourth-order valence-electron chi connectivity index (χ4n) is 2.46. The van der Waals surface area contributed by atoms with E-state index in [0.29, 0.717) is 0 Å². The van der Waals surface area contributed by atoms with Crippen LogP contribution < -0.4 is 11.1 Å². The van der Waals surface area contributed by atoms with E-state index in [-0.39, 0.29) is 12.6 Å². The van der Waals surface area contributed by atoms with Gasteiger partial charge in [0.1, 0.15) is 0 Å². The normalized spacial score (nSPS) is 16.1. The zero-order chi connectivity index (χ0) is 13.0. The molecule has 1 aromatic heterocycles. The second-order valence-electron chi connectivity index (χ2n) is 4.66. The summed E-state index contributed by atoms with van der Waals surface area (Å²) < 4.78 is 2.98. The number of hydrogen-bond donors (Lipinski definition) is 0. The van der Waals surface area contributed by atoms with Crippen LogP contribution >= 0.6 is 0 Å². The van der Waals surface area contributed by atoms with Gasteiger partial charge in [-0.1, -0.05) is 25.2 Å². The van der Waals surface area contributed by atoms with Gasteiger partial charge in [0, 0.05) is 18.4 Å². The van der Waals surface area contributed by atoms with Crippen LogP contribution in [0.2, 0.25) is 0 Å². The topological polar surface area (TPSA) is 44.0 Å². The van der Waals surface area contributed by atoms with Gasteiger partial charge in [-0.15, -0.1) is 5.92 Å². The summed E-state index contributed by atoms with van der Waals surface area (Å²) in [5, 5.41) is 0. The number of rotatable bonds is 2. The van der Waals surface area contributed by atoms with Gasteiger partial charge in [0.15, 0.2) is 0 Å². The highest BCUT2D eigenvalue weighted by molar-refractivity contribution is 4.98. The fourth-order valence-corrected chi connectivity index (χ4v) is 2.46. The average Bonchev–Trinajstić information content (AvgIpc) is 2.41. The first-order valence-electron chi connectivity index (χ1n) is 6.45. The lowest BCUT2D eigenvalue weighted by molar-refractivity contribution is 0.342. The molecule has 1 fully saturated rings. The molecular weight excluding hydrogens is 228 g/mol. The third-order valence-corrected chi connectivity index (χ3v) is 3.48. The molecule has 0 radical (unpaired) electrons. The molecule has 96 valence electrons. The van der Waals surface area contributed by atoms with Crippen LogP contribution in [0, 0.1) is 11.8 Å². The van der Waals surface area contributed by atoms with E-state index in [1.165, 1.54) is 11.0 Å². The van der Waals surface area contributed by atoms with Gasteiger partial charge in [0.05, 0.1) is 6.54 Å². The van der Waals surface area contributed by atoms with Gasteiger partial charge < -0.3 is 4.57 Å². The van der Waals surface area contributed by atoms with Crippen molar-refractivity contribution in [2.24, 2.45) is 0 Å². The molecular formula is C14H18N2O2. The molecule has 0 amide bonds. The maximum atomic E-state index is 12.0. The van der Waals surface area contributed by atoms with E-state index in [9.17, 15) is 9.59 Å². The molecule has 1 saturated carbocycles. The smallest absolute Gasteiger partial charge is 0.306 e. The fraction of sp³-hybridized carbons (Fsp3) is 0.571. The van der Waals surface area contributed by atoms with Crippen LogP contribution in [0.25, 0.3) is 0 Å². The minimum Gasteiger partial charge on any atom is -0.306 e. The van der Waals surface area contributed by atoms with E-state index < -0.39 is 11.1 Å². The summed E-state index contributed by atoms with van der Waals surface area (Å²) in [5.41, 5.74) is -0.881. The minimum absolute atomic E-state index is 0.200. The summed E-state index contributed by atoms with van der Waals surface area (Å²) in [5.74, 6) is 5.52. The molecule has 0 unspecified atom stereocenters. The Morgan fingerprint density at radius 2 is 1.89 bits per heavy atom. The summed E-state index contributed by atoms with van der Waals surface area (Å²) in [6, 6.07) is 0.200. The van der Waals surface area contributed by atoms with Gasteiger partial charge in [-0.05, 0) is 19.8 Å². The van der Waals surface area contributed by atoms with E-state index in [4.69, 9.17) is 0 Å². The Balaban J connectivity index is 2.33. The molecule has 0 spiro atoms. The highest BCUT2D eigenvalue weighted by Gasteiger charge is 2.17. The molecule has 4 nitrogen and oxygen atoms in total. The van der Waals surface area contributed by atoms with Crippen LogP contribution in [0.15, 0.2) is 22.0 Å². The van der Waals surface area contributed by atoms with Gasteiger partial charge in [0.25, 0.3) is 0 Å². The maximum Gasteiger partial charge on any atom is 0.317 e. The third kappa shape index (κ3) is 2.56. The Bertz CT molecular complexity index is 580. The summed E-state index contributed by atoms with van der Waals surface area (Å²) in [6.45, 7) is 2.00. The first-order valence-corrected chi connectivity index (χ1v) is 6.45. The standard InChI is InChI=1S/C14H18N2O2/c1-2-3-9-15-10-11-16(14(18)13(15)17)12-7-5-4-6-8-12/h10-12H,4-9H2,1H3. The van der Waals surface area contributed by atoms with Crippen molar-refractivity contribution < 1.29 is 0 Å². The molecule has 1 heterocycles. The second-order valence-corrected chi connectivity index (χ2v) is 4.66. The maximum absolute atomic E-state index is 12.0. The van der Waals surface area contributed by atoms with E-state index in [1.807, 2.05) is 0 Å². The van der Waals surface area contributed by atoms with E-state index in [2.05, 4.69) is 11.8 Å². The van der Waals surface area contributed by atoms with Crippen molar-refractivity contribution >= 4 is 0 Å². The lowest BCUT2D eigenvalue weighted by Crippen LogP contribution is -2.42. The van der Waals surface area contributed by atoms with E-state index >= 15 is 0 Å². The Labute approximate surface area is 106 Å². The van der Waals surface area contributed by atoms with Crippen molar-refractivity contribution in [1.29, 1.82) is 0 Å². The molecule has 1 aliphatic rings. The Morgan fingerprint density at radius 1 is 1.17 bits per heavy atom. The van der Waals surface area contributed by atoms with Crippen molar-refractivity contribution in [3.8, 4) is 11.8 Å². The Morgan fingerprint density at radius 3 is 2.56 bits per heavy atom. The molecule has 0 bridgehead atoms. The quantitative estimate of drug-likeness (QED) is 0.587. The first kappa shape index (κ1) is 12.7. The van der Waals surface area contributed by atoms with Crippen LogP contribution in [0.3, 0.4) is 0 Å². The molecule has 1 aliphatic carbocycles. The molecule has 0 atom stereocenters. The molecule has 2 rings (SSSR count). The molecule has 4 heteroatoms. The number of aromatic nitrogens is 2. The molecule has 18 heavy (non-hydrogen) atoms. The van der Waals surface area contributed by atoms with Gasteiger partial charge in [-0.2, -0.15) is 0 Å². The van der Waals surface area contributed by atoms with Crippen LogP contribution in [-0.4, -0.2) is 9.13 Å². The lowest BCUT2D eigenvalue weighted by Gasteiger charge is -2.23. The average molecular weight is 246 g/mol. The summed E-state index contributed by atoms with van der Waals surface area (Å²) in [4.78, 5) is 23.9. The number of hydrogen-bond acceptors (Lipinski definition) is 2. The summed E-state index contributed by atoms with van der Waals surface area (Å²) in [6.07, 6.45) is 8.91. The van der Waals surface area contributed by atoms with Crippen molar-refractivity contribution in [1.82, 2.24) is 9.13 Å². The Kier molecular flexibility index (Phi) is 4.03. The van der Waals surface area contributed by atoms with Crippen LogP contribution in [0.4, 0.5) is 0 Å². The minimum atomic E-state index is -0.467. The SMILES string of the molecule is CC#CCn1ccn(C2CCCCC2)c(=O)c1=O. The highest BCUT2D eigenvalue weighted by atomic mass is 16.2. The van der Waals surface area contributed by atoms with Crippen LogP contribution in [0.1, 0.15) is 45.1 Å². The van der Waals surface area contributed by atoms with Crippen molar-refractivity contribution in [2.45, 2.75) is 51.6 Å². The van der Waals surface area contributed by atoms with Gasteiger partial charge >= 0.3 is 11.1 Å². The van der Waals surface area contributed by atoms with Crippen molar-refractivity contribution in [3.63, 3.8) is 0 Å². The van der Waals surface area contributed by atoms with E-state index in [0.717, 1.165) is 25.7 Å². The van der Waals surface area contributed by atoms with Crippen molar-refractivity contribution in [3.05, 3.63) is 33.1 Å². The van der Waals surface area contributed by atoms with E-state index in [1.54, 1.807) is 23.9 Å². The third-order valence-electron chi connectivity index (χ3n) is 3.48. The molecule has 0 aromatic carbocycles. The summed E-state index contributed by atoms with van der Waals surface area (Å²) >= 11 is 0. The second kappa shape index (κ2) is 5.72.